The van der Waals surface area contributed by atoms with Crippen LogP contribution >= 0.6 is 23.2 Å². The third-order valence-electron chi connectivity index (χ3n) is 3.30. The smallest absolute Gasteiger partial charge is 0.156 e. The van der Waals surface area contributed by atoms with Crippen LogP contribution in [0.1, 0.15) is 5.56 Å². The second-order valence-corrected chi connectivity index (χ2v) is 5.54. The van der Waals surface area contributed by atoms with Gasteiger partial charge >= 0.3 is 0 Å². The Morgan fingerprint density at radius 3 is 2.50 bits per heavy atom. The molecule has 20 heavy (non-hydrogen) atoms. The maximum atomic E-state index is 6.11. The van der Waals surface area contributed by atoms with Crippen molar-refractivity contribution in [3.63, 3.8) is 0 Å². The third kappa shape index (κ3) is 4.50. The van der Waals surface area contributed by atoms with E-state index >= 15 is 0 Å². The SMILES string of the molecule is COc1c(Cl)cc(CNCCN2CCOCC2)cc1Cl. The molecule has 1 fully saturated rings. The van der Waals surface area contributed by atoms with Crippen LogP contribution in [-0.4, -0.2) is 51.4 Å². The van der Waals surface area contributed by atoms with Crippen molar-refractivity contribution in [2.24, 2.45) is 0 Å². The highest BCUT2D eigenvalue weighted by Crippen LogP contribution is 2.33. The van der Waals surface area contributed by atoms with Gasteiger partial charge in [0.15, 0.2) is 5.75 Å². The number of halogens is 2. The molecule has 1 heterocycles. The quantitative estimate of drug-likeness (QED) is 0.817. The fourth-order valence-electron chi connectivity index (χ4n) is 2.20. The summed E-state index contributed by atoms with van der Waals surface area (Å²) in [6.45, 7) is 6.41. The molecule has 1 N–H and O–H groups in total. The van der Waals surface area contributed by atoms with Crippen LogP contribution in [-0.2, 0) is 11.3 Å². The van der Waals surface area contributed by atoms with E-state index in [0.717, 1.165) is 51.5 Å². The van der Waals surface area contributed by atoms with Crippen molar-refractivity contribution in [1.29, 1.82) is 0 Å². The van der Waals surface area contributed by atoms with E-state index in [9.17, 15) is 0 Å². The Kier molecular flexibility index (Phi) is 6.39. The van der Waals surface area contributed by atoms with Crippen molar-refractivity contribution in [1.82, 2.24) is 10.2 Å². The van der Waals surface area contributed by atoms with Crippen LogP contribution in [0.15, 0.2) is 12.1 Å². The Morgan fingerprint density at radius 2 is 1.90 bits per heavy atom. The number of morpholine rings is 1. The van der Waals surface area contributed by atoms with Crippen LogP contribution < -0.4 is 10.1 Å². The number of ether oxygens (including phenoxy) is 2. The molecule has 0 unspecified atom stereocenters. The molecule has 1 aromatic rings. The molecule has 6 heteroatoms. The molecule has 2 rings (SSSR count). The molecule has 1 aliphatic rings. The summed E-state index contributed by atoms with van der Waals surface area (Å²) in [4.78, 5) is 2.39. The Balaban J connectivity index is 1.76. The molecule has 1 saturated heterocycles. The average molecular weight is 319 g/mol. The Bertz CT molecular complexity index is 414. The first-order valence-electron chi connectivity index (χ1n) is 6.73. The van der Waals surface area contributed by atoms with E-state index in [0.29, 0.717) is 15.8 Å². The van der Waals surface area contributed by atoms with Crippen molar-refractivity contribution < 1.29 is 9.47 Å². The van der Waals surface area contributed by atoms with Crippen molar-refractivity contribution >= 4 is 23.2 Å². The van der Waals surface area contributed by atoms with Crippen molar-refractivity contribution in [2.75, 3.05) is 46.5 Å². The van der Waals surface area contributed by atoms with Gasteiger partial charge in [0.1, 0.15) is 0 Å². The lowest BCUT2D eigenvalue weighted by molar-refractivity contribution is 0.0384. The van der Waals surface area contributed by atoms with Gasteiger partial charge in [0.25, 0.3) is 0 Å². The van der Waals surface area contributed by atoms with E-state index in [-0.39, 0.29) is 0 Å². The highest BCUT2D eigenvalue weighted by atomic mass is 35.5. The van der Waals surface area contributed by atoms with Gasteiger partial charge in [0.05, 0.1) is 30.4 Å². The van der Waals surface area contributed by atoms with Crippen LogP contribution in [0.3, 0.4) is 0 Å². The third-order valence-corrected chi connectivity index (χ3v) is 3.86. The summed E-state index contributed by atoms with van der Waals surface area (Å²) < 4.78 is 10.5. The highest BCUT2D eigenvalue weighted by molar-refractivity contribution is 6.37. The van der Waals surface area contributed by atoms with Crippen LogP contribution in [0, 0.1) is 0 Å². The fourth-order valence-corrected chi connectivity index (χ4v) is 2.89. The van der Waals surface area contributed by atoms with Gasteiger partial charge in [-0.05, 0) is 17.7 Å². The molecular formula is C14H20Cl2N2O2. The Hall–Kier alpha value is -0.520. The van der Waals surface area contributed by atoms with Crippen LogP contribution in [0.25, 0.3) is 0 Å². The maximum Gasteiger partial charge on any atom is 0.156 e. The van der Waals surface area contributed by atoms with Gasteiger partial charge < -0.3 is 14.8 Å². The Labute approximate surface area is 129 Å². The molecule has 0 aliphatic carbocycles. The average Bonchev–Trinajstić information content (AvgIpc) is 2.44. The molecule has 112 valence electrons. The molecular weight excluding hydrogens is 299 g/mol. The summed E-state index contributed by atoms with van der Waals surface area (Å²) in [6.07, 6.45) is 0. The summed E-state index contributed by atoms with van der Waals surface area (Å²) in [5.41, 5.74) is 1.06. The van der Waals surface area contributed by atoms with E-state index in [1.807, 2.05) is 12.1 Å². The summed E-state index contributed by atoms with van der Waals surface area (Å²) in [7, 11) is 1.56. The number of benzene rings is 1. The summed E-state index contributed by atoms with van der Waals surface area (Å²) >= 11 is 12.2. The number of hydrogen-bond donors (Lipinski definition) is 1. The maximum absolute atomic E-state index is 6.11. The van der Waals surface area contributed by atoms with Crippen LogP contribution in [0.2, 0.25) is 10.0 Å². The van der Waals surface area contributed by atoms with Gasteiger partial charge in [0.2, 0.25) is 0 Å². The molecule has 0 spiro atoms. The van der Waals surface area contributed by atoms with Crippen molar-refractivity contribution in [2.45, 2.75) is 6.54 Å². The molecule has 0 atom stereocenters. The van der Waals surface area contributed by atoms with E-state index in [1.54, 1.807) is 7.11 Å². The molecule has 0 aromatic heterocycles. The first-order chi connectivity index (χ1) is 9.70. The lowest BCUT2D eigenvalue weighted by atomic mass is 10.2. The van der Waals surface area contributed by atoms with Gasteiger partial charge in [-0.2, -0.15) is 0 Å². The van der Waals surface area contributed by atoms with Crippen molar-refractivity contribution in [3.8, 4) is 5.75 Å². The standard InChI is InChI=1S/C14H20Cl2N2O2/c1-19-14-12(15)8-11(9-13(14)16)10-17-2-3-18-4-6-20-7-5-18/h8-9,17H,2-7,10H2,1H3. The van der Waals surface area contributed by atoms with E-state index < -0.39 is 0 Å². The number of nitrogens with zero attached hydrogens (tertiary/aromatic N) is 1. The second-order valence-electron chi connectivity index (χ2n) is 4.72. The van der Waals surface area contributed by atoms with Gasteiger partial charge in [-0.3, -0.25) is 4.90 Å². The zero-order valence-corrected chi connectivity index (χ0v) is 13.1. The highest BCUT2D eigenvalue weighted by Gasteiger charge is 2.10. The van der Waals surface area contributed by atoms with Crippen LogP contribution in [0.4, 0.5) is 0 Å². The second kappa shape index (κ2) is 8.05. The molecule has 1 aliphatic heterocycles. The topological polar surface area (TPSA) is 33.7 Å². The monoisotopic (exact) mass is 318 g/mol. The molecule has 0 bridgehead atoms. The lowest BCUT2D eigenvalue weighted by Gasteiger charge is -2.26. The largest absolute Gasteiger partial charge is 0.494 e. The summed E-state index contributed by atoms with van der Waals surface area (Å²) in [6, 6.07) is 3.77. The van der Waals surface area contributed by atoms with E-state index in [2.05, 4.69) is 10.2 Å². The van der Waals surface area contributed by atoms with Gasteiger partial charge in [-0.15, -0.1) is 0 Å². The molecule has 0 saturated carbocycles. The fraction of sp³-hybridized carbons (Fsp3) is 0.571. The van der Waals surface area contributed by atoms with Gasteiger partial charge in [-0.1, -0.05) is 23.2 Å². The zero-order chi connectivity index (χ0) is 14.4. The normalized spacial score (nSPS) is 16.4. The number of rotatable bonds is 6. The minimum atomic E-state index is 0.533. The number of hydrogen-bond acceptors (Lipinski definition) is 4. The lowest BCUT2D eigenvalue weighted by Crippen LogP contribution is -2.40. The summed E-state index contributed by atoms with van der Waals surface area (Å²) in [5.74, 6) is 0.533. The molecule has 0 radical (unpaired) electrons. The van der Waals surface area contributed by atoms with Crippen LogP contribution in [0.5, 0.6) is 5.75 Å². The molecule has 1 aromatic carbocycles. The zero-order valence-electron chi connectivity index (χ0n) is 11.6. The summed E-state index contributed by atoms with van der Waals surface area (Å²) in [5, 5.41) is 4.49. The predicted molar refractivity (Wildman–Crippen MR) is 82.0 cm³/mol. The Morgan fingerprint density at radius 1 is 1.25 bits per heavy atom. The minimum Gasteiger partial charge on any atom is -0.494 e. The predicted octanol–water partition coefficient (Wildman–Crippen LogP) is 2.42. The van der Waals surface area contributed by atoms with E-state index in [1.165, 1.54) is 0 Å². The number of nitrogens with one attached hydrogen (secondary N) is 1. The van der Waals surface area contributed by atoms with Crippen molar-refractivity contribution in [3.05, 3.63) is 27.7 Å². The molecule has 0 amide bonds. The minimum absolute atomic E-state index is 0.533. The number of methoxy groups -OCH3 is 1. The van der Waals surface area contributed by atoms with E-state index in [4.69, 9.17) is 32.7 Å². The van der Waals surface area contributed by atoms with Gasteiger partial charge in [0, 0.05) is 32.7 Å². The first-order valence-corrected chi connectivity index (χ1v) is 7.49. The molecule has 4 nitrogen and oxygen atoms in total. The first kappa shape index (κ1) is 15.9. The van der Waals surface area contributed by atoms with Gasteiger partial charge in [-0.25, -0.2) is 0 Å².